The molecule has 0 saturated carbocycles. The third kappa shape index (κ3) is 7.77. The van der Waals surface area contributed by atoms with Crippen LogP contribution in [-0.4, -0.2) is 18.2 Å². The molecule has 0 atom stereocenters. The maximum absolute atomic E-state index is 11.2. The van der Waals surface area contributed by atoms with E-state index in [0.29, 0.717) is 25.8 Å². The van der Waals surface area contributed by atoms with Crippen LogP contribution in [-0.2, 0) is 9.59 Å². The van der Waals surface area contributed by atoms with E-state index in [1.807, 2.05) is 6.92 Å². The minimum absolute atomic E-state index is 0.00306. The van der Waals surface area contributed by atoms with Crippen molar-refractivity contribution in [3.05, 3.63) is 0 Å². The summed E-state index contributed by atoms with van der Waals surface area (Å²) >= 11 is 0. The lowest BCUT2D eigenvalue weighted by Crippen LogP contribution is -2.24. The number of carbonyl (C=O) groups excluding carboxylic acids is 2. The van der Waals surface area contributed by atoms with Crippen molar-refractivity contribution in [1.82, 2.24) is 5.32 Å². The molecule has 3 heteroatoms. The van der Waals surface area contributed by atoms with Gasteiger partial charge in [-0.3, -0.25) is 9.59 Å². The van der Waals surface area contributed by atoms with Gasteiger partial charge in [-0.2, -0.15) is 0 Å². The Morgan fingerprint density at radius 2 is 1.71 bits per heavy atom. The average Bonchev–Trinajstić information content (AvgIpc) is 2.20. The summed E-state index contributed by atoms with van der Waals surface area (Å²) in [6, 6.07) is 0. The molecule has 0 bridgehead atoms. The van der Waals surface area contributed by atoms with Gasteiger partial charge in [0.2, 0.25) is 5.91 Å². The molecule has 14 heavy (non-hydrogen) atoms. The van der Waals surface area contributed by atoms with Gasteiger partial charge in [0, 0.05) is 25.8 Å². The fourth-order valence-corrected chi connectivity index (χ4v) is 1.10. The van der Waals surface area contributed by atoms with Crippen LogP contribution in [0.4, 0.5) is 0 Å². The Bertz CT molecular complexity index is 158. The molecule has 0 aliphatic carbocycles. The van der Waals surface area contributed by atoms with Crippen LogP contribution in [0.2, 0.25) is 0 Å². The summed E-state index contributed by atoms with van der Waals surface area (Å²) in [4.78, 5) is 22.3. The molecule has 0 spiro atoms. The third-order valence-electron chi connectivity index (χ3n) is 2.01. The van der Waals surface area contributed by atoms with Crippen molar-refractivity contribution < 1.29 is 9.59 Å². The molecule has 0 rings (SSSR count). The van der Waals surface area contributed by atoms with E-state index in [1.165, 1.54) is 0 Å². The minimum atomic E-state index is -0.00306. The highest BCUT2D eigenvalue weighted by Crippen LogP contribution is 2.00. The molecule has 0 aromatic rings. The SMILES string of the molecule is CCCCC(=O)CCC(=O)NCCC. The van der Waals surface area contributed by atoms with Crippen molar-refractivity contribution in [3.63, 3.8) is 0 Å². The number of nitrogens with one attached hydrogen (secondary N) is 1. The zero-order chi connectivity index (χ0) is 10.8. The molecule has 0 aliphatic rings. The molecule has 3 nitrogen and oxygen atoms in total. The summed E-state index contributed by atoms with van der Waals surface area (Å²) in [5, 5.41) is 2.75. The molecular weight excluding hydrogens is 178 g/mol. The van der Waals surface area contributed by atoms with Gasteiger partial charge in [-0.15, -0.1) is 0 Å². The van der Waals surface area contributed by atoms with E-state index in [-0.39, 0.29) is 11.7 Å². The maximum Gasteiger partial charge on any atom is 0.220 e. The molecule has 1 amide bonds. The van der Waals surface area contributed by atoms with Crippen LogP contribution < -0.4 is 5.32 Å². The lowest BCUT2D eigenvalue weighted by molar-refractivity contribution is -0.125. The first-order valence-corrected chi connectivity index (χ1v) is 5.49. The average molecular weight is 199 g/mol. The van der Waals surface area contributed by atoms with Crippen LogP contribution in [0.5, 0.6) is 0 Å². The Morgan fingerprint density at radius 1 is 1.00 bits per heavy atom. The topological polar surface area (TPSA) is 46.2 Å². The molecule has 82 valence electrons. The highest BCUT2D eigenvalue weighted by atomic mass is 16.2. The first-order chi connectivity index (χ1) is 6.70. The van der Waals surface area contributed by atoms with Crippen molar-refractivity contribution in [2.75, 3.05) is 6.54 Å². The number of hydrogen-bond acceptors (Lipinski definition) is 2. The first-order valence-electron chi connectivity index (χ1n) is 5.49. The van der Waals surface area contributed by atoms with Gasteiger partial charge in [0.15, 0.2) is 0 Å². The van der Waals surface area contributed by atoms with Crippen molar-refractivity contribution in [2.24, 2.45) is 0 Å². The fraction of sp³-hybridized carbons (Fsp3) is 0.818. The van der Waals surface area contributed by atoms with Gasteiger partial charge in [-0.05, 0) is 12.8 Å². The van der Waals surface area contributed by atoms with Crippen molar-refractivity contribution in [3.8, 4) is 0 Å². The predicted molar refractivity (Wildman–Crippen MR) is 57.1 cm³/mol. The molecule has 0 fully saturated rings. The van der Waals surface area contributed by atoms with E-state index < -0.39 is 0 Å². The zero-order valence-electron chi connectivity index (χ0n) is 9.27. The maximum atomic E-state index is 11.2. The lowest BCUT2D eigenvalue weighted by atomic mass is 10.1. The molecule has 0 unspecified atom stereocenters. The number of rotatable bonds is 8. The summed E-state index contributed by atoms with van der Waals surface area (Å²) in [5.74, 6) is 0.204. The highest BCUT2D eigenvalue weighted by molar-refractivity contribution is 5.84. The minimum Gasteiger partial charge on any atom is -0.356 e. The Balaban J connectivity index is 3.41. The number of amides is 1. The van der Waals surface area contributed by atoms with Crippen molar-refractivity contribution >= 4 is 11.7 Å². The van der Waals surface area contributed by atoms with Crippen molar-refractivity contribution in [2.45, 2.75) is 52.4 Å². The molecule has 0 saturated heterocycles. The van der Waals surface area contributed by atoms with Gasteiger partial charge >= 0.3 is 0 Å². The lowest BCUT2D eigenvalue weighted by Gasteiger charge is -2.02. The number of carbonyl (C=O) groups is 2. The number of ketones is 1. The van der Waals surface area contributed by atoms with Crippen LogP contribution in [0.3, 0.4) is 0 Å². The van der Waals surface area contributed by atoms with Crippen LogP contribution in [0.1, 0.15) is 52.4 Å². The second-order valence-electron chi connectivity index (χ2n) is 3.49. The van der Waals surface area contributed by atoms with Crippen LogP contribution in [0, 0.1) is 0 Å². The van der Waals surface area contributed by atoms with Gasteiger partial charge in [0.25, 0.3) is 0 Å². The molecule has 1 N–H and O–H groups in total. The van der Waals surface area contributed by atoms with Gasteiger partial charge in [-0.25, -0.2) is 0 Å². The standard InChI is InChI=1S/C11H21NO2/c1-3-5-6-10(13)7-8-11(14)12-9-4-2/h3-9H2,1-2H3,(H,12,14). The summed E-state index contributed by atoms with van der Waals surface area (Å²) in [6.45, 7) is 4.77. The summed E-state index contributed by atoms with van der Waals surface area (Å²) < 4.78 is 0. The van der Waals surface area contributed by atoms with Gasteiger partial charge in [0.05, 0.1) is 0 Å². The Labute approximate surface area is 86.3 Å². The predicted octanol–water partition coefficient (Wildman–Crippen LogP) is 2.05. The Morgan fingerprint density at radius 3 is 2.29 bits per heavy atom. The molecular formula is C11H21NO2. The number of unbranched alkanes of at least 4 members (excludes halogenated alkanes) is 1. The third-order valence-corrected chi connectivity index (χ3v) is 2.01. The van der Waals surface area contributed by atoms with Gasteiger partial charge in [-0.1, -0.05) is 20.3 Å². The normalized spacial score (nSPS) is 9.86. The summed E-state index contributed by atoms with van der Waals surface area (Å²) in [5.41, 5.74) is 0. The van der Waals surface area contributed by atoms with E-state index in [2.05, 4.69) is 12.2 Å². The molecule has 0 aromatic heterocycles. The first kappa shape index (κ1) is 13.1. The summed E-state index contributed by atoms with van der Waals surface area (Å²) in [6.07, 6.45) is 4.29. The largest absolute Gasteiger partial charge is 0.356 e. The molecule has 0 heterocycles. The molecule has 0 aliphatic heterocycles. The number of Topliss-reactive ketones (excluding diaryl/α,β-unsaturated/α-hetero) is 1. The smallest absolute Gasteiger partial charge is 0.220 e. The van der Waals surface area contributed by atoms with Crippen molar-refractivity contribution in [1.29, 1.82) is 0 Å². The van der Waals surface area contributed by atoms with Crippen LogP contribution in [0.15, 0.2) is 0 Å². The second kappa shape index (κ2) is 8.73. The summed E-state index contributed by atoms with van der Waals surface area (Å²) in [7, 11) is 0. The number of hydrogen-bond donors (Lipinski definition) is 1. The Kier molecular flexibility index (Phi) is 8.19. The van der Waals surface area contributed by atoms with Crippen LogP contribution >= 0.6 is 0 Å². The molecule has 0 radical (unpaired) electrons. The molecule has 0 aromatic carbocycles. The van der Waals surface area contributed by atoms with Gasteiger partial charge in [0.1, 0.15) is 5.78 Å². The van der Waals surface area contributed by atoms with Gasteiger partial charge < -0.3 is 5.32 Å². The van der Waals surface area contributed by atoms with E-state index in [0.717, 1.165) is 19.3 Å². The van der Waals surface area contributed by atoms with E-state index in [1.54, 1.807) is 0 Å². The monoisotopic (exact) mass is 199 g/mol. The zero-order valence-corrected chi connectivity index (χ0v) is 9.27. The highest BCUT2D eigenvalue weighted by Gasteiger charge is 2.05. The van der Waals surface area contributed by atoms with Crippen LogP contribution in [0.25, 0.3) is 0 Å². The van der Waals surface area contributed by atoms with E-state index >= 15 is 0 Å². The quantitative estimate of drug-likeness (QED) is 0.650. The van der Waals surface area contributed by atoms with E-state index in [9.17, 15) is 9.59 Å². The second-order valence-corrected chi connectivity index (χ2v) is 3.49. The van der Waals surface area contributed by atoms with E-state index in [4.69, 9.17) is 0 Å². The fourth-order valence-electron chi connectivity index (χ4n) is 1.10. The Hall–Kier alpha value is -0.860.